The summed E-state index contributed by atoms with van der Waals surface area (Å²) in [4.78, 5) is 32.6. The number of hydrogen-bond acceptors (Lipinski definition) is 8. The van der Waals surface area contributed by atoms with Crippen molar-refractivity contribution in [2.24, 2.45) is 5.10 Å². The van der Waals surface area contributed by atoms with Gasteiger partial charge in [0.25, 0.3) is 11.5 Å². The fourth-order valence-corrected chi connectivity index (χ4v) is 5.49. The Morgan fingerprint density at radius 1 is 1.14 bits per heavy atom. The van der Waals surface area contributed by atoms with E-state index in [9.17, 15) is 9.59 Å². The van der Waals surface area contributed by atoms with Gasteiger partial charge in [-0.3, -0.25) is 9.59 Å². The molecule has 3 aromatic carbocycles. The summed E-state index contributed by atoms with van der Waals surface area (Å²) in [6, 6.07) is 15.6. The molecule has 0 saturated carbocycles. The number of hydrogen-bond donors (Lipinski definition) is 0. The molecule has 0 unspecified atom stereocenters. The van der Waals surface area contributed by atoms with Crippen LogP contribution >= 0.6 is 39.1 Å². The molecule has 1 saturated heterocycles. The molecule has 0 radical (unpaired) electrons. The molecule has 0 aliphatic carbocycles. The predicted molar refractivity (Wildman–Crippen MR) is 168 cm³/mol. The standard InChI is InChI=1S/C30H23BrCl2N4O6/c1-40-23-14-18(26(31)27(33)28(23)42-16-25(38)36-8-10-41-11-9-36)15-34-37-29(35-21-5-3-2-4-20(21)30(37)39)24-13-17-12-19(32)6-7-22(17)43-24/h2-7,12-15H,8-11,16H2,1H3. The summed E-state index contributed by atoms with van der Waals surface area (Å²) in [5.41, 5.74) is 1.16. The average molecular weight is 686 g/mol. The Hall–Kier alpha value is -3.90. The minimum absolute atomic E-state index is 0.175. The molecule has 43 heavy (non-hydrogen) atoms. The number of fused-ring (bicyclic) bond motifs is 2. The van der Waals surface area contributed by atoms with Crippen LogP contribution in [0.5, 0.6) is 11.5 Å². The number of benzene rings is 3. The van der Waals surface area contributed by atoms with Crippen LogP contribution in [0, 0.1) is 0 Å². The van der Waals surface area contributed by atoms with Crippen molar-refractivity contribution in [2.75, 3.05) is 40.0 Å². The zero-order valence-electron chi connectivity index (χ0n) is 22.7. The number of para-hydroxylation sites is 1. The third kappa shape index (κ3) is 5.85. The number of aromatic nitrogens is 2. The van der Waals surface area contributed by atoms with Crippen molar-refractivity contribution in [1.82, 2.24) is 14.6 Å². The first-order valence-corrected chi connectivity index (χ1v) is 14.7. The van der Waals surface area contributed by atoms with Gasteiger partial charge in [0.1, 0.15) is 10.6 Å². The second-order valence-electron chi connectivity index (χ2n) is 9.51. The number of carbonyl (C=O) groups excluding carboxylic acids is 1. The van der Waals surface area contributed by atoms with Gasteiger partial charge >= 0.3 is 0 Å². The molecule has 1 amide bonds. The van der Waals surface area contributed by atoms with E-state index >= 15 is 0 Å². The minimum atomic E-state index is -0.397. The Morgan fingerprint density at radius 3 is 2.72 bits per heavy atom. The van der Waals surface area contributed by atoms with Gasteiger partial charge in [0, 0.05) is 33.5 Å². The fraction of sp³-hybridized carbons (Fsp3) is 0.200. The largest absolute Gasteiger partial charge is 0.493 e. The Morgan fingerprint density at radius 2 is 1.93 bits per heavy atom. The number of methoxy groups -OCH3 is 1. The van der Waals surface area contributed by atoms with Crippen LogP contribution in [0.1, 0.15) is 5.56 Å². The minimum Gasteiger partial charge on any atom is -0.493 e. The molecule has 10 nitrogen and oxygen atoms in total. The summed E-state index contributed by atoms with van der Waals surface area (Å²) in [5, 5.41) is 6.36. The second-order valence-corrected chi connectivity index (χ2v) is 11.1. The predicted octanol–water partition coefficient (Wildman–Crippen LogP) is 6.01. The van der Waals surface area contributed by atoms with E-state index in [4.69, 9.17) is 46.8 Å². The highest BCUT2D eigenvalue weighted by molar-refractivity contribution is 9.10. The lowest BCUT2D eigenvalue weighted by molar-refractivity contribution is -0.137. The molecular formula is C30H23BrCl2N4O6. The highest BCUT2D eigenvalue weighted by atomic mass is 79.9. The number of rotatable bonds is 7. The van der Waals surface area contributed by atoms with Gasteiger partial charge in [-0.05, 0) is 58.4 Å². The van der Waals surface area contributed by atoms with Gasteiger partial charge in [-0.25, -0.2) is 4.98 Å². The summed E-state index contributed by atoms with van der Waals surface area (Å²) in [6.45, 7) is 1.74. The van der Waals surface area contributed by atoms with E-state index in [1.54, 1.807) is 59.5 Å². The molecule has 220 valence electrons. The quantitative estimate of drug-likeness (QED) is 0.193. The highest BCUT2D eigenvalue weighted by Crippen LogP contribution is 2.42. The van der Waals surface area contributed by atoms with Crippen LogP contribution in [0.4, 0.5) is 0 Å². The van der Waals surface area contributed by atoms with Crippen molar-refractivity contribution in [1.29, 1.82) is 0 Å². The van der Waals surface area contributed by atoms with Gasteiger partial charge in [-0.1, -0.05) is 35.3 Å². The van der Waals surface area contributed by atoms with E-state index in [0.29, 0.717) is 63.6 Å². The summed E-state index contributed by atoms with van der Waals surface area (Å²) in [7, 11) is 1.46. The van der Waals surface area contributed by atoms with E-state index in [2.05, 4.69) is 21.0 Å². The van der Waals surface area contributed by atoms with Gasteiger partial charge in [0.2, 0.25) is 5.82 Å². The van der Waals surface area contributed by atoms with Crippen molar-refractivity contribution in [2.45, 2.75) is 0 Å². The number of amides is 1. The maximum absolute atomic E-state index is 13.6. The van der Waals surface area contributed by atoms with Crippen LogP contribution in [-0.2, 0) is 9.53 Å². The lowest BCUT2D eigenvalue weighted by Crippen LogP contribution is -2.43. The van der Waals surface area contributed by atoms with Crippen LogP contribution < -0.4 is 15.0 Å². The number of halogens is 3. The Balaban J connectivity index is 1.38. The van der Waals surface area contributed by atoms with Gasteiger partial charge in [-0.2, -0.15) is 9.78 Å². The molecule has 5 aromatic rings. The van der Waals surface area contributed by atoms with Gasteiger partial charge in [-0.15, -0.1) is 0 Å². The molecule has 0 N–H and O–H groups in total. The first kappa shape index (κ1) is 29.2. The van der Waals surface area contributed by atoms with Gasteiger partial charge in [0.15, 0.2) is 23.9 Å². The Labute approximate surface area is 263 Å². The first-order chi connectivity index (χ1) is 20.8. The Bertz CT molecular complexity index is 1950. The lowest BCUT2D eigenvalue weighted by Gasteiger charge is -2.27. The average Bonchev–Trinajstić information content (AvgIpc) is 3.45. The number of ether oxygens (including phenoxy) is 3. The zero-order valence-corrected chi connectivity index (χ0v) is 25.8. The fourth-order valence-electron chi connectivity index (χ4n) is 4.66. The van der Waals surface area contributed by atoms with Crippen LogP contribution in [-0.4, -0.2) is 66.7 Å². The second kappa shape index (κ2) is 12.4. The zero-order chi connectivity index (χ0) is 30.1. The molecule has 2 aromatic heterocycles. The van der Waals surface area contributed by atoms with Crippen molar-refractivity contribution in [3.8, 4) is 23.1 Å². The number of nitrogens with zero attached hydrogens (tertiary/aromatic N) is 4. The Kier molecular flexibility index (Phi) is 8.40. The van der Waals surface area contributed by atoms with E-state index in [1.807, 2.05) is 0 Å². The third-order valence-corrected chi connectivity index (χ3v) is 8.52. The van der Waals surface area contributed by atoms with Crippen LogP contribution in [0.25, 0.3) is 33.5 Å². The first-order valence-electron chi connectivity index (χ1n) is 13.1. The molecule has 0 spiro atoms. The van der Waals surface area contributed by atoms with Crippen LogP contribution in [0.3, 0.4) is 0 Å². The maximum Gasteiger partial charge on any atom is 0.282 e. The van der Waals surface area contributed by atoms with Crippen molar-refractivity contribution in [3.05, 3.63) is 85.0 Å². The van der Waals surface area contributed by atoms with Crippen molar-refractivity contribution in [3.63, 3.8) is 0 Å². The SMILES string of the molecule is COc1cc(C=Nn2c(-c3cc4cc(Cl)ccc4o3)nc3ccccc3c2=O)c(Br)c(Cl)c1OCC(=O)N1CCOCC1. The van der Waals surface area contributed by atoms with E-state index in [-0.39, 0.29) is 34.9 Å². The molecule has 1 aliphatic rings. The van der Waals surface area contributed by atoms with Crippen LogP contribution in [0.15, 0.2) is 73.4 Å². The molecule has 3 heterocycles. The molecule has 1 fully saturated rings. The van der Waals surface area contributed by atoms with Crippen molar-refractivity contribution >= 4 is 73.1 Å². The van der Waals surface area contributed by atoms with Gasteiger partial charge in [0.05, 0.1) is 37.4 Å². The van der Waals surface area contributed by atoms with E-state index in [0.717, 1.165) is 5.39 Å². The van der Waals surface area contributed by atoms with Crippen molar-refractivity contribution < 1.29 is 23.4 Å². The molecule has 1 aliphatic heterocycles. The topological polar surface area (TPSA) is 108 Å². The number of carbonyl (C=O) groups is 1. The summed E-state index contributed by atoms with van der Waals surface area (Å²) in [5.74, 6) is 0.819. The normalized spacial score (nSPS) is 13.7. The van der Waals surface area contributed by atoms with Gasteiger partial charge < -0.3 is 23.5 Å². The third-order valence-electron chi connectivity index (χ3n) is 6.84. The lowest BCUT2D eigenvalue weighted by atomic mass is 10.2. The molecular weight excluding hydrogens is 663 g/mol. The molecule has 13 heteroatoms. The monoisotopic (exact) mass is 684 g/mol. The summed E-state index contributed by atoms with van der Waals surface area (Å²) < 4.78 is 24.3. The molecule has 6 rings (SSSR count). The van der Waals surface area contributed by atoms with Crippen LogP contribution in [0.2, 0.25) is 10.0 Å². The summed E-state index contributed by atoms with van der Waals surface area (Å²) >= 11 is 16.3. The van der Waals surface area contributed by atoms with E-state index in [1.165, 1.54) is 18.0 Å². The van der Waals surface area contributed by atoms with E-state index < -0.39 is 5.56 Å². The highest BCUT2D eigenvalue weighted by Gasteiger charge is 2.22. The molecule has 0 bridgehead atoms. The number of furan rings is 1. The maximum atomic E-state index is 13.6. The smallest absolute Gasteiger partial charge is 0.282 e. The molecule has 0 atom stereocenters. The summed E-state index contributed by atoms with van der Waals surface area (Å²) in [6.07, 6.45) is 1.45. The number of morpholine rings is 1.